The quantitative estimate of drug-likeness (QED) is 0.439. The lowest BCUT2D eigenvalue weighted by Crippen LogP contribution is -2.08. The van der Waals surface area contributed by atoms with Gasteiger partial charge in [0.15, 0.2) is 11.5 Å². The Morgan fingerprint density at radius 2 is 1.04 bits per heavy atom. The Morgan fingerprint density at radius 3 is 1.52 bits per heavy atom. The third kappa shape index (κ3) is 4.70. The molecule has 0 spiro atoms. The second kappa shape index (κ2) is 7.83. The van der Waals surface area contributed by atoms with Gasteiger partial charge in [0.05, 0.1) is 10.0 Å². The van der Waals surface area contributed by atoms with Crippen LogP contribution in [-0.2, 0) is 4.57 Å². The lowest BCUT2D eigenvalue weighted by Gasteiger charge is -2.20. The van der Waals surface area contributed by atoms with Crippen LogP contribution in [0.25, 0.3) is 0 Å². The van der Waals surface area contributed by atoms with Gasteiger partial charge in [-0.1, -0.05) is 65.7 Å². The Hall–Kier alpha value is -2.13. The highest BCUT2D eigenvalue weighted by molar-refractivity contribution is 7.49. The summed E-state index contributed by atoms with van der Waals surface area (Å²) < 4.78 is 29.8. The molecule has 0 aliphatic rings. The number of para-hydroxylation sites is 3. The highest BCUT2D eigenvalue weighted by Gasteiger charge is 2.34. The Morgan fingerprint density at radius 1 is 0.600 bits per heavy atom. The molecule has 3 aromatic rings. The normalized spacial score (nSPS) is 11.0. The van der Waals surface area contributed by atoms with Crippen LogP contribution in [0.3, 0.4) is 0 Å². The maximum Gasteiger partial charge on any atom is 0.647 e. The minimum absolute atomic E-state index is 0.176. The zero-order valence-corrected chi connectivity index (χ0v) is 15.2. The Balaban J connectivity index is 1.94. The Kier molecular flexibility index (Phi) is 5.54. The van der Waals surface area contributed by atoms with Crippen molar-refractivity contribution < 1.29 is 18.1 Å². The summed E-state index contributed by atoms with van der Waals surface area (Å²) in [6.45, 7) is 0. The molecule has 7 heteroatoms. The summed E-state index contributed by atoms with van der Waals surface area (Å²) >= 11 is 12.2. The zero-order chi connectivity index (χ0) is 17.7. The molecule has 0 unspecified atom stereocenters. The van der Waals surface area contributed by atoms with E-state index in [0.29, 0.717) is 5.75 Å². The molecule has 0 saturated heterocycles. The van der Waals surface area contributed by atoms with Gasteiger partial charge in [-0.25, -0.2) is 0 Å². The van der Waals surface area contributed by atoms with Gasteiger partial charge in [0.2, 0.25) is 0 Å². The van der Waals surface area contributed by atoms with Crippen molar-refractivity contribution in [3.63, 3.8) is 0 Å². The van der Waals surface area contributed by atoms with Crippen molar-refractivity contribution in [3.05, 3.63) is 88.9 Å². The number of halogens is 2. The molecular weight excluding hydrogens is 382 g/mol. The van der Waals surface area contributed by atoms with E-state index in [4.69, 9.17) is 36.8 Å². The maximum absolute atomic E-state index is 13.2. The third-order valence-corrected chi connectivity index (χ3v) is 4.95. The summed E-state index contributed by atoms with van der Waals surface area (Å²) in [5.41, 5.74) is 0. The number of hydrogen-bond donors (Lipinski definition) is 0. The number of hydrogen-bond acceptors (Lipinski definition) is 4. The third-order valence-electron chi connectivity index (χ3n) is 3.05. The number of phosphoric ester groups is 1. The minimum Gasteiger partial charge on any atom is -0.386 e. The summed E-state index contributed by atoms with van der Waals surface area (Å²) in [6, 6.07) is 21.8. The fraction of sp³-hybridized carbons (Fsp3) is 0. The summed E-state index contributed by atoms with van der Waals surface area (Å²) in [6.07, 6.45) is 0. The van der Waals surface area contributed by atoms with Crippen molar-refractivity contribution in [1.29, 1.82) is 0 Å². The predicted molar refractivity (Wildman–Crippen MR) is 98.8 cm³/mol. The van der Waals surface area contributed by atoms with Crippen LogP contribution in [0, 0.1) is 0 Å². The van der Waals surface area contributed by atoms with Gasteiger partial charge in [0.25, 0.3) is 0 Å². The smallest absolute Gasteiger partial charge is 0.386 e. The standard InChI is InChI=1S/C18H13Cl2O4P/c19-15-10-4-6-12-17(15)23-25(21,22-14-8-2-1-3-9-14)24-18-13-7-5-11-16(18)20/h1-13H. The second-order valence-electron chi connectivity index (χ2n) is 4.89. The zero-order valence-electron chi connectivity index (χ0n) is 12.8. The summed E-state index contributed by atoms with van der Waals surface area (Å²) in [7, 11) is -4.11. The van der Waals surface area contributed by atoms with E-state index in [1.54, 1.807) is 72.8 Å². The van der Waals surface area contributed by atoms with Crippen LogP contribution in [0.4, 0.5) is 0 Å². The van der Waals surface area contributed by atoms with Crippen molar-refractivity contribution in [2.24, 2.45) is 0 Å². The van der Waals surface area contributed by atoms with Gasteiger partial charge < -0.3 is 13.6 Å². The molecule has 0 aromatic heterocycles. The average Bonchev–Trinajstić information content (AvgIpc) is 2.60. The molecule has 0 aliphatic carbocycles. The first kappa shape index (κ1) is 17.7. The molecule has 0 heterocycles. The number of phosphoric acid groups is 1. The first-order valence-corrected chi connectivity index (χ1v) is 9.50. The van der Waals surface area contributed by atoms with E-state index >= 15 is 0 Å². The largest absolute Gasteiger partial charge is 0.647 e. The predicted octanol–water partition coefficient (Wildman–Crippen LogP) is 6.64. The van der Waals surface area contributed by atoms with E-state index < -0.39 is 7.82 Å². The summed E-state index contributed by atoms with van der Waals surface area (Å²) in [5, 5.41) is 0.560. The van der Waals surface area contributed by atoms with Crippen LogP contribution in [0.15, 0.2) is 78.9 Å². The first-order chi connectivity index (χ1) is 12.1. The molecular formula is C18H13Cl2O4P. The van der Waals surface area contributed by atoms with Gasteiger partial charge in [-0.3, -0.25) is 0 Å². The topological polar surface area (TPSA) is 44.8 Å². The van der Waals surface area contributed by atoms with Crippen molar-refractivity contribution in [2.45, 2.75) is 0 Å². The Labute approximate surface area is 155 Å². The molecule has 0 N–H and O–H groups in total. The van der Waals surface area contributed by atoms with Crippen LogP contribution in [0.5, 0.6) is 17.2 Å². The SMILES string of the molecule is O=P(Oc1ccccc1)(Oc1ccccc1Cl)Oc1ccccc1Cl. The van der Waals surface area contributed by atoms with Crippen molar-refractivity contribution in [2.75, 3.05) is 0 Å². The molecule has 0 radical (unpaired) electrons. The van der Waals surface area contributed by atoms with E-state index in [2.05, 4.69) is 0 Å². The van der Waals surface area contributed by atoms with Crippen LogP contribution >= 0.6 is 31.0 Å². The van der Waals surface area contributed by atoms with Gasteiger partial charge >= 0.3 is 7.82 Å². The van der Waals surface area contributed by atoms with Gasteiger partial charge in [-0.05, 0) is 36.4 Å². The number of rotatable bonds is 6. The lowest BCUT2D eigenvalue weighted by molar-refractivity contribution is 0.298. The lowest BCUT2D eigenvalue weighted by atomic mass is 10.3. The van der Waals surface area contributed by atoms with E-state index in [0.717, 1.165) is 0 Å². The molecule has 25 heavy (non-hydrogen) atoms. The fourth-order valence-corrected chi connectivity index (χ4v) is 3.69. The van der Waals surface area contributed by atoms with E-state index in [-0.39, 0.29) is 21.5 Å². The van der Waals surface area contributed by atoms with Gasteiger partial charge in [0.1, 0.15) is 5.75 Å². The highest BCUT2D eigenvalue weighted by atomic mass is 35.5. The molecule has 0 aliphatic heterocycles. The highest BCUT2D eigenvalue weighted by Crippen LogP contribution is 2.51. The molecule has 4 nitrogen and oxygen atoms in total. The second-order valence-corrected chi connectivity index (χ2v) is 7.15. The average molecular weight is 395 g/mol. The van der Waals surface area contributed by atoms with E-state index in [9.17, 15) is 4.57 Å². The van der Waals surface area contributed by atoms with Gasteiger partial charge in [0, 0.05) is 0 Å². The van der Waals surface area contributed by atoms with Crippen molar-refractivity contribution >= 4 is 31.0 Å². The van der Waals surface area contributed by atoms with E-state index in [1.807, 2.05) is 6.07 Å². The molecule has 0 fully saturated rings. The maximum atomic E-state index is 13.2. The van der Waals surface area contributed by atoms with Crippen LogP contribution in [0.2, 0.25) is 10.0 Å². The molecule has 0 saturated carbocycles. The summed E-state index contributed by atoms with van der Waals surface area (Å²) in [5.74, 6) is 0.677. The van der Waals surface area contributed by atoms with Gasteiger partial charge in [-0.15, -0.1) is 0 Å². The molecule has 0 amide bonds. The van der Waals surface area contributed by atoms with E-state index in [1.165, 1.54) is 0 Å². The van der Waals surface area contributed by atoms with Gasteiger partial charge in [-0.2, -0.15) is 4.57 Å². The fourth-order valence-electron chi connectivity index (χ4n) is 1.94. The molecule has 0 bridgehead atoms. The van der Waals surface area contributed by atoms with Crippen LogP contribution < -0.4 is 13.6 Å². The number of benzene rings is 3. The monoisotopic (exact) mass is 394 g/mol. The minimum atomic E-state index is -4.11. The van der Waals surface area contributed by atoms with Crippen LogP contribution in [0.1, 0.15) is 0 Å². The van der Waals surface area contributed by atoms with Crippen molar-refractivity contribution in [1.82, 2.24) is 0 Å². The molecule has 0 atom stereocenters. The molecule has 3 rings (SSSR count). The molecule has 3 aromatic carbocycles. The summed E-state index contributed by atoms with van der Waals surface area (Å²) in [4.78, 5) is 0. The first-order valence-electron chi connectivity index (χ1n) is 7.29. The molecule has 128 valence electrons. The van der Waals surface area contributed by atoms with Crippen molar-refractivity contribution in [3.8, 4) is 17.2 Å². The van der Waals surface area contributed by atoms with Crippen LogP contribution in [-0.4, -0.2) is 0 Å². The Bertz CT molecular complexity index is 851.